The highest BCUT2D eigenvalue weighted by atomic mass is 19.1. The largest absolute Gasteiger partial charge is 0.372 e. The van der Waals surface area contributed by atoms with Crippen LogP contribution in [0.5, 0.6) is 0 Å². The molecule has 1 aliphatic heterocycles. The third kappa shape index (κ3) is 3.65. The van der Waals surface area contributed by atoms with E-state index in [0.717, 1.165) is 29.8 Å². The first-order valence-electron chi connectivity index (χ1n) is 8.41. The SMILES string of the molecule is Cc1cc(N2CCCCC2)ccc1C=C(C#N)c1ccc(F)cc1. The topological polar surface area (TPSA) is 27.0 Å². The molecule has 122 valence electrons. The average Bonchev–Trinajstić information content (AvgIpc) is 2.62. The molecule has 0 radical (unpaired) electrons. The van der Waals surface area contributed by atoms with Crippen molar-refractivity contribution in [3.63, 3.8) is 0 Å². The highest BCUT2D eigenvalue weighted by Crippen LogP contribution is 2.25. The fraction of sp³-hybridized carbons (Fsp3) is 0.286. The van der Waals surface area contributed by atoms with Gasteiger partial charge in [-0.05, 0) is 73.2 Å². The molecule has 3 rings (SSSR count). The third-order valence-corrected chi connectivity index (χ3v) is 4.55. The van der Waals surface area contributed by atoms with Crippen LogP contribution in [-0.2, 0) is 0 Å². The van der Waals surface area contributed by atoms with Crippen LogP contribution in [0.3, 0.4) is 0 Å². The number of hydrogen-bond acceptors (Lipinski definition) is 2. The van der Waals surface area contributed by atoms with Crippen LogP contribution in [0.4, 0.5) is 10.1 Å². The Morgan fingerprint density at radius 2 is 1.79 bits per heavy atom. The summed E-state index contributed by atoms with van der Waals surface area (Å²) in [6.07, 6.45) is 5.70. The van der Waals surface area contributed by atoms with Gasteiger partial charge in [0.15, 0.2) is 0 Å². The quantitative estimate of drug-likeness (QED) is 0.575. The first-order valence-corrected chi connectivity index (χ1v) is 8.41. The van der Waals surface area contributed by atoms with Crippen molar-refractivity contribution in [2.24, 2.45) is 0 Å². The van der Waals surface area contributed by atoms with Crippen LogP contribution in [0.25, 0.3) is 11.6 Å². The molecule has 1 aliphatic rings. The van der Waals surface area contributed by atoms with Crippen LogP contribution < -0.4 is 4.90 Å². The van der Waals surface area contributed by atoms with Crippen LogP contribution in [0.1, 0.15) is 36.0 Å². The van der Waals surface area contributed by atoms with Crippen molar-refractivity contribution in [3.8, 4) is 6.07 Å². The average molecular weight is 320 g/mol. The van der Waals surface area contributed by atoms with E-state index in [-0.39, 0.29) is 5.82 Å². The standard InChI is InChI=1S/C21H21FN2/c1-16-13-21(24-11-3-2-4-12-24)10-7-18(16)14-19(15-23)17-5-8-20(22)9-6-17/h5-10,13-14H,2-4,11-12H2,1H3. The Bertz CT molecular complexity index is 778. The number of hydrogen-bond donors (Lipinski definition) is 0. The summed E-state index contributed by atoms with van der Waals surface area (Å²) in [4.78, 5) is 2.43. The van der Waals surface area contributed by atoms with Gasteiger partial charge < -0.3 is 4.90 Å². The van der Waals surface area contributed by atoms with Gasteiger partial charge in [-0.25, -0.2) is 4.39 Å². The van der Waals surface area contributed by atoms with Crippen molar-refractivity contribution in [3.05, 3.63) is 65.0 Å². The maximum Gasteiger partial charge on any atom is 0.123 e. The number of halogens is 1. The van der Waals surface area contributed by atoms with Gasteiger partial charge in [-0.3, -0.25) is 0 Å². The molecule has 0 spiro atoms. The van der Waals surface area contributed by atoms with E-state index in [9.17, 15) is 9.65 Å². The number of nitrogens with zero attached hydrogens (tertiary/aromatic N) is 2. The first-order chi connectivity index (χ1) is 11.7. The minimum absolute atomic E-state index is 0.293. The molecule has 0 atom stereocenters. The van der Waals surface area contributed by atoms with E-state index in [1.54, 1.807) is 12.1 Å². The fourth-order valence-electron chi connectivity index (χ4n) is 3.14. The summed E-state index contributed by atoms with van der Waals surface area (Å²) < 4.78 is 13.1. The molecule has 0 amide bonds. The van der Waals surface area contributed by atoms with Crippen molar-refractivity contribution in [1.29, 1.82) is 5.26 Å². The van der Waals surface area contributed by atoms with Gasteiger partial charge in [0, 0.05) is 18.8 Å². The van der Waals surface area contributed by atoms with Crippen molar-refractivity contribution in [2.75, 3.05) is 18.0 Å². The molecule has 1 saturated heterocycles. The number of rotatable bonds is 3. The van der Waals surface area contributed by atoms with Gasteiger partial charge in [-0.15, -0.1) is 0 Å². The second-order valence-corrected chi connectivity index (χ2v) is 6.27. The number of allylic oxidation sites excluding steroid dienone is 1. The lowest BCUT2D eigenvalue weighted by molar-refractivity contribution is 0.578. The highest BCUT2D eigenvalue weighted by molar-refractivity contribution is 5.90. The maximum atomic E-state index is 13.1. The van der Waals surface area contributed by atoms with Crippen molar-refractivity contribution in [2.45, 2.75) is 26.2 Å². The molecule has 0 unspecified atom stereocenters. The monoisotopic (exact) mass is 320 g/mol. The molecule has 2 aromatic rings. The summed E-state index contributed by atoms with van der Waals surface area (Å²) in [6.45, 7) is 4.31. The maximum absolute atomic E-state index is 13.1. The van der Waals surface area contributed by atoms with E-state index in [4.69, 9.17) is 0 Å². The molecular formula is C21H21FN2. The lowest BCUT2D eigenvalue weighted by atomic mass is 10.00. The van der Waals surface area contributed by atoms with Gasteiger partial charge in [-0.1, -0.05) is 18.2 Å². The van der Waals surface area contributed by atoms with Gasteiger partial charge in [0.05, 0.1) is 11.6 Å². The van der Waals surface area contributed by atoms with Crippen molar-refractivity contribution in [1.82, 2.24) is 0 Å². The van der Waals surface area contributed by atoms with Crippen molar-refractivity contribution >= 4 is 17.3 Å². The summed E-state index contributed by atoms with van der Waals surface area (Å²) in [7, 11) is 0. The summed E-state index contributed by atoms with van der Waals surface area (Å²) >= 11 is 0. The fourth-order valence-corrected chi connectivity index (χ4v) is 3.14. The number of benzene rings is 2. The first kappa shape index (κ1) is 16.3. The van der Waals surface area contributed by atoms with Gasteiger partial charge in [0.2, 0.25) is 0 Å². The molecule has 2 aromatic carbocycles. The summed E-state index contributed by atoms with van der Waals surface area (Å²) in [5.74, 6) is -0.293. The van der Waals surface area contributed by atoms with Crippen LogP contribution in [-0.4, -0.2) is 13.1 Å². The predicted molar refractivity (Wildman–Crippen MR) is 97.1 cm³/mol. The Labute approximate surface area is 142 Å². The zero-order valence-corrected chi connectivity index (χ0v) is 13.9. The molecule has 0 saturated carbocycles. The third-order valence-electron chi connectivity index (χ3n) is 4.55. The zero-order chi connectivity index (χ0) is 16.9. The molecule has 0 aliphatic carbocycles. The lowest BCUT2D eigenvalue weighted by Gasteiger charge is -2.29. The Morgan fingerprint density at radius 1 is 1.08 bits per heavy atom. The number of piperidine rings is 1. The lowest BCUT2D eigenvalue weighted by Crippen LogP contribution is -2.29. The molecule has 1 heterocycles. The van der Waals surface area contributed by atoms with E-state index in [1.165, 1.54) is 37.1 Å². The van der Waals surface area contributed by atoms with E-state index < -0.39 is 0 Å². The molecule has 0 N–H and O–H groups in total. The predicted octanol–water partition coefficient (Wildman–Crippen LogP) is 5.19. The van der Waals surface area contributed by atoms with Crippen LogP contribution >= 0.6 is 0 Å². The summed E-state index contributed by atoms with van der Waals surface area (Å²) in [5.41, 5.74) is 4.71. The number of anilines is 1. The van der Waals surface area contributed by atoms with Gasteiger partial charge in [0.25, 0.3) is 0 Å². The second-order valence-electron chi connectivity index (χ2n) is 6.27. The minimum Gasteiger partial charge on any atom is -0.372 e. The zero-order valence-electron chi connectivity index (χ0n) is 13.9. The molecule has 2 nitrogen and oxygen atoms in total. The molecule has 24 heavy (non-hydrogen) atoms. The van der Waals surface area contributed by atoms with Crippen molar-refractivity contribution < 1.29 is 4.39 Å². The number of nitriles is 1. The normalized spacial score (nSPS) is 15.2. The van der Waals surface area contributed by atoms with E-state index in [2.05, 4.69) is 36.1 Å². The van der Waals surface area contributed by atoms with Crippen LogP contribution in [0, 0.1) is 24.1 Å². The Balaban J connectivity index is 1.88. The summed E-state index contributed by atoms with van der Waals surface area (Å²) in [6, 6.07) is 14.7. The molecule has 3 heteroatoms. The van der Waals surface area contributed by atoms with Gasteiger partial charge in [-0.2, -0.15) is 5.26 Å². The number of aryl methyl sites for hydroxylation is 1. The molecule has 0 bridgehead atoms. The van der Waals surface area contributed by atoms with E-state index in [1.807, 2.05) is 6.08 Å². The Hall–Kier alpha value is -2.60. The van der Waals surface area contributed by atoms with Crippen LogP contribution in [0.2, 0.25) is 0 Å². The van der Waals surface area contributed by atoms with Gasteiger partial charge in [0.1, 0.15) is 5.82 Å². The van der Waals surface area contributed by atoms with Crippen LogP contribution in [0.15, 0.2) is 42.5 Å². The molecular weight excluding hydrogens is 299 g/mol. The smallest absolute Gasteiger partial charge is 0.123 e. The Morgan fingerprint density at radius 3 is 2.42 bits per heavy atom. The molecule has 0 aromatic heterocycles. The van der Waals surface area contributed by atoms with E-state index >= 15 is 0 Å². The van der Waals surface area contributed by atoms with Gasteiger partial charge >= 0.3 is 0 Å². The highest BCUT2D eigenvalue weighted by Gasteiger charge is 2.12. The van der Waals surface area contributed by atoms with E-state index in [0.29, 0.717) is 5.57 Å². The second kappa shape index (κ2) is 7.31. The minimum atomic E-state index is -0.293. The molecule has 1 fully saturated rings. The Kier molecular flexibility index (Phi) is 4.96. The summed E-state index contributed by atoms with van der Waals surface area (Å²) in [5, 5.41) is 9.44.